The van der Waals surface area contributed by atoms with Gasteiger partial charge >= 0.3 is 0 Å². The molecule has 0 unspecified atom stereocenters. The van der Waals surface area contributed by atoms with E-state index in [4.69, 9.17) is 5.84 Å². The van der Waals surface area contributed by atoms with E-state index in [1.165, 1.54) is 6.07 Å². The van der Waals surface area contributed by atoms with E-state index in [1.54, 1.807) is 18.2 Å². The molecule has 1 heterocycles. The standard InChI is InChI=1S/C15H20FN5/c1-10(2)15-18-13(20-17)8-14(19-15)21(3)9-11-6-4-5-7-12(11)16/h4-8,10H,9,17H2,1-3H3,(H,18,19,20). The molecule has 112 valence electrons. The Hall–Kier alpha value is -2.21. The molecule has 0 radical (unpaired) electrons. The van der Waals surface area contributed by atoms with Crippen LogP contribution in [-0.2, 0) is 6.54 Å². The van der Waals surface area contributed by atoms with Gasteiger partial charge in [0.2, 0.25) is 0 Å². The molecule has 21 heavy (non-hydrogen) atoms. The molecule has 1 aromatic carbocycles. The minimum absolute atomic E-state index is 0.180. The number of hydrogen-bond acceptors (Lipinski definition) is 5. The Morgan fingerprint density at radius 3 is 2.62 bits per heavy atom. The Morgan fingerprint density at radius 1 is 1.29 bits per heavy atom. The van der Waals surface area contributed by atoms with Crippen molar-refractivity contribution in [3.05, 3.63) is 47.5 Å². The maximum Gasteiger partial charge on any atom is 0.145 e. The van der Waals surface area contributed by atoms with Crippen LogP contribution in [0.15, 0.2) is 30.3 Å². The fourth-order valence-electron chi connectivity index (χ4n) is 1.94. The van der Waals surface area contributed by atoms with Gasteiger partial charge in [0.25, 0.3) is 0 Å². The third kappa shape index (κ3) is 3.66. The topological polar surface area (TPSA) is 67.1 Å². The Bertz CT molecular complexity index is 615. The Labute approximate surface area is 124 Å². The highest BCUT2D eigenvalue weighted by molar-refractivity contribution is 5.49. The van der Waals surface area contributed by atoms with Gasteiger partial charge in [0.1, 0.15) is 23.3 Å². The second kappa shape index (κ2) is 6.49. The number of hydrogen-bond donors (Lipinski definition) is 2. The smallest absolute Gasteiger partial charge is 0.145 e. The van der Waals surface area contributed by atoms with Gasteiger partial charge in [-0.15, -0.1) is 0 Å². The number of hydrazine groups is 1. The van der Waals surface area contributed by atoms with Crippen LogP contribution in [0.2, 0.25) is 0 Å². The van der Waals surface area contributed by atoms with Crippen molar-refractivity contribution >= 4 is 11.6 Å². The molecule has 2 aromatic rings. The lowest BCUT2D eigenvalue weighted by atomic mass is 10.2. The maximum absolute atomic E-state index is 13.7. The van der Waals surface area contributed by atoms with Crippen LogP contribution in [0.5, 0.6) is 0 Å². The summed E-state index contributed by atoms with van der Waals surface area (Å²) >= 11 is 0. The largest absolute Gasteiger partial charge is 0.355 e. The molecule has 0 spiro atoms. The first-order valence-corrected chi connectivity index (χ1v) is 6.81. The number of rotatable bonds is 5. The van der Waals surface area contributed by atoms with Crippen LogP contribution in [0, 0.1) is 5.82 Å². The van der Waals surface area contributed by atoms with Crippen molar-refractivity contribution in [2.24, 2.45) is 5.84 Å². The summed E-state index contributed by atoms with van der Waals surface area (Å²) < 4.78 is 13.7. The highest BCUT2D eigenvalue weighted by Gasteiger charge is 2.12. The Morgan fingerprint density at radius 2 is 2.00 bits per heavy atom. The number of aromatic nitrogens is 2. The summed E-state index contributed by atoms with van der Waals surface area (Å²) in [5.41, 5.74) is 3.16. The van der Waals surface area contributed by atoms with Gasteiger partial charge in [0.05, 0.1) is 0 Å². The van der Waals surface area contributed by atoms with Crippen molar-refractivity contribution in [3.63, 3.8) is 0 Å². The van der Waals surface area contributed by atoms with Crippen LogP contribution >= 0.6 is 0 Å². The fraction of sp³-hybridized carbons (Fsp3) is 0.333. The first kappa shape index (κ1) is 15.2. The van der Waals surface area contributed by atoms with Crippen molar-refractivity contribution in [1.82, 2.24) is 9.97 Å². The number of nitrogens with zero attached hydrogens (tertiary/aromatic N) is 3. The lowest BCUT2D eigenvalue weighted by Gasteiger charge is -2.20. The SMILES string of the molecule is CC(C)c1nc(NN)cc(N(C)Cc2ccccc2F)n1. The summed E-state index contributed by atoms with van der Waals surface area (Å²) in [5.74, 6) is 7.34. The zero-order chi connectivity index (χ0) is 15.4. The zero-order valence-electron chi connectivity index (χ0n) is 12.5. The van der Waals surface area contributed by atoms with Gasteiger partial charge in [-0.05, 0) is 6.07 Å². The first-order chi connectivity index (χ1) is 10.0. The minimum Gasteiger partial charge on any atom is -0.355 e. The van der Waals surface area contributed by atoms with Gasteiger partial charge in [-0.2, -0.15) is 0 Å². The average molecular weight is 289 g/mol. The molecule has 0 saturated carbocycles. The van der Waals surface area contributed by atoms with Gasteiger partial charge in [-0.1, -0.05) is 32.0 Å². The number of benzene rings is 1. The number of nitrogen functional groups attached to an aromatic ring is 1. The lowest BCUT2D eigenvalue weighted by molar-refractivity contribution is 0.607. The van der Waals surface area contributed by atoms with Gasteiger partial charge in [-0.25, -0.2) is 20.2 Å². The molecule has 0 amide bonds. The monoisotopic (exact) mass is 289 g/mol. The van der Waals surface area contributed by atoms with Gasteiger partial charge in [0.15, 0.2) is 0 Å². The summed E-state index contributed by atoms with van der Waals surface area (Å²) in [7, 11) is 1.86. The first-order valence-electron chi connectivity index (χ1n) is 6.81. The summed E-state index contributed by atoms with van der Waals surface area (Å²) in [4.78, 5) is 10.7. The number of nitrogens with one attached hydrogen (secondary N) is 1. The summed E-state index contributed by atoms with van der Waals surface area (Å²) in [5, 5.41) is 0. The van der Waals surface area contributed by atoms with E-state index < -0.39 is 0 Å². The second-order valence-electron chi connectivity index (χ2n) is 5.22. The van der Waals surface area contributed by atoms with Crippen molar-refractivity contribution in [2.45, 2.75) is 26.3 Å². The minimum atomic E-state index is -0.223. The molecule has 0 aliphatic heterocycles. The van der Waals surface area contributed by atoms with Crippen LogP contribution in [0.25, 0.3) is 0 Å². The van der Waals surface area contributed by atoms with Crippen LogP contribution in [0.3, 0.4) is 0 Å². The number of nitrogens with two attached hydrogens (primary N) is 1. The number of anilines is 2. The van der Waals surface area contributed by atoms with Crippen LogP contribution in [0.1, 0.15) is 31.2 Å². The fourth-order valence-corrected chi connectivity index (χ4v) is 1.94. The second-order valence-corrected chi connectivity index (χ2v) is 5.22. The third-order valence-electron chi connectivity index (χ3n) is 3.15. The highest BCUT2D eigenvalue weighted by atomic mass is 19.1. The van der Waals surface area contributed by atoms with E-state index in [0.717, 1.165) is 0 Å². The summed E-state index contributed by atoms with van der Waals surface area (Å²) in [6.07, 6.45) is 0. The van der Waals surface area contributed by atoms with Crippen LogP contribution < -0.4 is 16.2 Å². The van der Waals surface area contributed by atoms with E-state index in [0.29, 0.717) is 29.6 Å². The molecule has 6 heteroatoms. The van der Waals surface area contributed by atoms with E-state index in [2.05, 4.69) is 15.4 Å². The molecule has 0 bridgehead atoms. The van der Waals surface area contributed by atoms with E-state index in [1.807, 2.05) is 31.9 Å². The number of halogens is 1. The predicted octanol–water partition coefficient (Wildman–Crippen LogP) is 2.66. The predicted molar refractivity (Wildman–Crippen MR) is 82.4 cm³/mol. The van der Waals surface area contributed by atoms with Crippen LogP contribution in [-0.4, -0.2) is 17.0 Å². The molecule has 3 N–H and O–H groups in total. The molecule has 0 saturated heterocycles. The van der Waals surface area contributed by atoms with Crippen molar-refractivity contribution in [2.75, 3.05) is 17.4 Å². The zero-order valence-corrected chi connectivity index (χ0v) is 12.5. The van der Waals surface area contributed by atoms with Gasteiger partial charge in [0, 0.05) is 31.1 Å². The molecule has 0 atom stereocenters. The molecular weight excluding hydrogens is 269 g/mol. The normalized spacial score (nSPS) is 10.8. The summed E-state index contributed by atoms with van der Waals surface area (Å²) in [6, 6.07) is 8.45. The third-order valence-corrected chi connectivity index (χ3v) is 3.15. The Balaban J connectivity index is 2.28. The van der Waals surface area contributed by atoms with Crippen LogP contribution in [0.4, 0.5) is 16.0 Å². The highest BCUT2D eigenvalue weighted by Crippen LogP contribution is 2.20. The van der Waals surface area contributed by atoms with Gasteiger partial charge in [-0.3, -0.25) is 0 Å². The molecule has 5 nitrogen and oxygen atoms in total. The van der Waals surface area contributed by atoms with Crippen molar-refractivity contribution < 1.29 is 4.39 Å². The van der Waals surface area contributed by atoms with Crippen molar-refractivity contribution in [3.8, 4) is 0 Å². The van der Waals surface area contributed by atoms with Crippen molar-refractivity contribution in [1.29, 1.82) is 0 Å². The van der Waals surface area contributed by atoms with Gasteiger partial charge < -0.3 is 10.3 Å². The van der Waals surface area contributed by atoms with E-state index in [-0.39, 0.29) is 11.7 Å². The molecule has 2 rings (SSSR count). The molecular formula is C15H20FN5. The molecule has 0 aliphatic carbocycles. The van der Waals surface area contributed by atoms with E-state index in [9.17, 15) is 4.39 Å². The average Bonchev–Trinajstić information content (AvgIpc) is 2.49. The maximum atomic E-state index is 13.7. The molecule has 0 aliphatic rings. The van der Waals surface area contributed by atoms with E-state index >= 15 is 0 Å². The molecule has 0 fully saturated rings. The quantitative estimate of drug-likeness (QED) is 0.654. The summed E-state index contributed by atoms with van der Waals surface area (Å²) in [6.45, 7) is 4.44. The lowest BCUT2D eigenvalue weighted by Crippen LogP contribution is -2.21. The Kier molecular flexibility index (Phi) is 4.70. The molecule has 1 aromatic heterocycles.